The van der Waals surface area contributed by atoms with Crippen molar-refractivity contribution in [1.82, 2.24) is 0 Å². The van der Waals surface area contributed by atoms with Gasteiger partial charge in [-0.1, -0.05) is 49.4 Å². The molecule has 1 heteroatoms. The lowest BCUT2D eigenvalue weighted by atomic mass is 9.81. The van der Waals surface area contributed by atoms with Crippen molar-refractivity contribution in [3.05, 3.63) is 48.0 Å². The standard InChI is InChI=1S/C16H20O/c1-11(2)14-10-9-12(3)15(14)16(17)13-7-5-4-6-8-13/h4-8,12,14-15H,1,9-10H2,2-3H3. The molecular weight excluding hydrogens is 208 g/mol. The molecule has 90 valence electrons. The Hall–Kier alpha value is -1.37. The number of ketones is 1. The first-order chi connectivity index (χ1) is 8.11. The van der Waals surface area contributed by atoms with Gasteiger partial charge in [-0.25, -0.2) is 0 Å². The molecule has 1 aliphatic rings. The van der Waals surface area contributed by atoms with Crippen molar-refractivity contribution in [2.24, 2.45) is 17.8 Å². The van der Waals surface area contributed by atoms with Crippen LogP contribution in [0, 0.1) is 17.8 Å². The van der Waals surface area contributed by atoms with Gasteiger partial charge in [0.05, 0.1) is 0 Å². The van der Waals surface area contributed by atoms with Gasteiger partial charge >= 0.3 is 0 Å². The van der Waals surface area contributed by atoms with E-state index in [-0.39, 0.29) is 5.92 Å². The summed E-state index contributed by atoms with van der Waals surface area (Å²) in [6.45, 7) is 8.28. The van der Waals surface area contributed by atoms with Crippen LogP contribution < -0.4 is 0 Å². The Balaban J connectivity index is 2.26. The summed E-state index contributed by atoms with van der Waals surface area (Å²) in [5.74, 6) is 1.28. The number of rotatable bonds is 3. The predicted octanol–water partition coefficient (Wildman–Crippen LogP) is 4.11. The molecule has 0 aromatic heterocycles. The van der Waals surface area contributed by atoms with E-state index in [1.807, 2.05) is 37.3 Å². The lowest BCUT2D eigenvalue weighted by Crippen LogP contribution is -2.24. The van der Waals surface area contributed by atoms with Crippen LogP contribution in [0.15, 0.2) is 42.5 Å². The van der Waals surface area contributed by atoms with E-state index in [1.54, 1.807) is 0 Å². The first-order valence-electron chi connectivity index (χ1n) is 6.36. The SMILES string of the molecule is C=C(C)C1CCC(C)C1C(=O)c1ccccc1. The van der Waals surface area contributed by atoms with E-state index in [0.717, 1.165) is 24.0 Å². The monoisotopic (exact) mass is 228 g/mol. The fraction of sp³-hybridized carbons (Fsp3) is 0.438. The highest BCUT2D eigenvalue weighted by Gasteiger charge is 2.38. The maximum Gasteiger partial charge on any atom is 0.166 e. The maximum atomic E-state index is 12.5. The molecule has 1 fully saturated rings. The minimum atomic E-state index is 0.134. The molecule has 3 unspecified atom stereocenters. The third-order valence-corrected chi connectivity index (χ3v) is 3.97. The van der Waals surface area contributed by atoms with Gasteiger partial charge in [0.2, 0.25) is 0 Å². The van der Waals surface area contributed by atoms with Crippen molar-refractivity contribution in [2.75, 3.05) is 0 Å². The Bertz CT molecular complexity index is 418. The van der Waals surface area contributed by atoms with E-state index in [0.29, 0.717) is 17.6 Å². The molecule has 2 rings (SSSR count). The highest BCUT2D eigenvalue weighted by Crippen LogP contribution is 2.42. The number of hydrogen-bond acceptors (Lipinski definition) is 1. The van der Waals surface area contributed by atoms with Crippen LogP contribution in [-0.4, -0.2) is 5.78 Å². The zero-order valence-electron chi connectivity index (χ0n) is 10.6. The van der Waals surface area contributed by atoms with Gasteiger partial charge in [0.25, 0.3) is 0 Å². The second-order valence-corrected chi connectivity index (χ2v) is 5.26. The van der Waals surface area contributed by atoms with E-state index in [9.17, 15) is 4.79 Å². The van der Waals surface area contributed by atoms with Crippen molar-refractivity contribution in [3.63, 3.8) is 0 Å². The molecule has 0 spiro atoms. The van der Waals surface area contributed by atoms with Gasteiger partial charge in [-0.3, -0.25) is 4.79 Å². The van der Waals surface area contributed by atoms with Gasteiger partial charge in [-0.05, 0) is 31.6 Å². The summed E-state index contributed by atoms with van der Waals surface area (Å²) >= 11 is 0. The molecule has 17 heavy (non-hydrogen) atoms. The number of allylic oxidation sites excluding steroid dienone is 1. The van der Waals surface area contributed by atoms with Crippen LogP contribution in [0.4, 0.5) is 0 Å². The normalized spacial score (nSPS) is 28.0. The van der Waals surface area contributed by atoms with E-state index >= 15 is 0 Å². The lowest BCUT2D eigenvalue weighted by Gasteiger charge is -2.22. The highest BCUT2D eigenvalue weighted by atomic mass is 16.1. The number of hydrogen-bond donors (Lipinski definition) is 0. The zero-order valence-corrected chi connectivity index (χ0v) is 10.6. The van der Waals surface area contributed by atoms with Crippen LogP contribution in [0.2, 0.25) is 0 Å². The summed E-state index contributed by atoms with van der Waals surface area (Å²) in [4.78, 5) is 12.5. The molecule has 1 saturated carbocycles. The van der Waals surface area contributed by atoms with Crippen LogP contribution in [0.5, 0.6) is 0 Å². The predicted molar refractivity (Wildman–Crippen MR) is 71.0 cm³/mol. The van der Waals surface area contributed by atoms with E-state index in [1.165, 1.54) is 0 Å². The minimum absolute atomic E-state index is 0.134. The largest absolute Gasteiger partial charge is 0.294 e. The molecule has 1 aliphatic carbocycles. The molecule has 1 nitrogen and oxygen atoms in total. The average molecular weight is 228 g/mol. The number of benzene rings is 1. The van der Waals surface area contributed by atoms with Crippen molar-refractivity contribution < 1.29 is 4.79 Å². The van der Waals surface area contributed by atoms with Crippen molar-refractivity contribution >= 4 is 5.78 Å². The lowest BCUT2D eigenvalue weighted by molar-refractivity contribution is 0.0872. The first kappa shape index (κ1) is 12.1. The molecule has 0 saturated heterocycles. The van der Waals surface area contributed by atoms with Gasteiger partial charge in [0.1, 0.15) is 0 Å². The van der Waals surface area contributed by atoms with Crippen LogP contribution in [0.1, 0.15) is 37.0 Å². The van der Waals surface area contributed by atoms with Gasteiger partial charge in [0, 0.05) is 11.5 Å². The molecule has 0 N–H and O–H groups in total. The van der Waals surface area contributed by atoms with E-state index in [4.69, 9.17) is 0 Å². The Morgan fingerprint density at radius 2 is 1.88 bits per heavy atom. The fourth-order valence-corrected chi connectivity index (χ4v) is 2.99. The molecule has 0 bridgehead atoms. The summed E-state index contributed by atoms with van der Waals surface area (Å²) < 4.78 is 0. The third kappa shape index (κ3) is 2.33. The topological polar surface area (TPSA) is 17.1 Å². The van der Waals surface area contributed by atoms with Gasteiger partial charge in [-0.15, -0.1) is 0 Å². The Morgan fingerprint density at radius 1 is 1.24 bits per heavy atom. The number of carbonyl (C=O) groups excluding carboxylic acids is 1. The molecule has 0 amide bonds. The second-order valence-electron chi connectivity index (χ2n) is 5.26. The van der Waals surface area contributed by atoms with E-state index < -0.39 is 0 Å². The van der Waals surface area contributed by atoms with Gasteiger partial charge in [-0.2, -0.15) is 0 Å². The smallest absolute Gasteiger partial charge is 0.166 e. The second kappa shape index (κ2) is 4.87. The molecule has 0 aliphatic heterocycles. The highest BCUT2D eigenvalue weighted by molar-refractivity contribution is 5.98. The van der Waals surface area contributed by atoms with Crippen molar-refractivity contribution in [2.45, 2.75) is 26.7 Å². The van der Waals surface area contributed by atoms with Crippen LogP contribution in [0.3, 0.4) is 0 Å². The fourth-order valence-electron chi connectivity index (χ4n) is 2.99. The quantitative estimate of drug-likeness (QED) is 0.562. The maximum absolute atomic E-state index is 12.5. The van der Waals surface area contributed by atoms with Crippen molar-refractivity contribution in [1.29, 1.82) is 0 Å². The Labute approximate surface area is 104 Å². The first-order valence-corrected chi connectivity index (χ1v) is 6.36. The van der Waals surface area contributed by atoms with Crippen molar-refractivity contribution in [3.8, 4) is 0 Å². The summed E-state index contributed by atoms with van der Waals surface area (Å²) in [6, 6.07) is 9.65. The zero-order chi connectivity index (χ0) is 12.4. The summed E-state index contributed by atoms with van der Waals surface area (Å²) in [5.41, 5.74) is 2.00. The van der Waals surface area contributed by atoms with Gasteiger partial charge in [0.15, 0.2) is 5.78 Å². The van der Waals surface area contributed by atoms with Crippen LogP contribution in [0.25, 0.3) is 0 Å². The molecule has 1 aromatic carbocycles. The Morgan fingerprint density at radius 3 is 2.47 bits per heavy atom. The Kier molecular flexibility index (Phi) is 3.46. The number of Topliss-reactive ketones (excluding diaryl/α,β-unsaturated/α-hetero) is 1. The molecule has 0 heterocycles. The minimum Gasteiger partial charge on any atom is -0.294 e. The summed E-state index contributed by atoms with van der Waals surface area (Å²) in [6.07, 6.45) is 2.25. The van der Waals surface area contributed by atoms with Gasteiger partial charge < -0.3 is 0 Å². The van der Waals surface area contributed by atoms with E-state index in [2.05, 4.69) is 13.5 Å². The number of carbonyl (C=O) groups is 1. The molecule has 1 aromatic rings. The third-order valence-electron chi connectivity index (χ3n) is 3.97. The average Bonchev–Trinajstić information content (AvgIpc) is 2.71. The molecule has 0 radical (unpaired) electrons. The summed E-state index contributed by atoms with van der Waals surface area (Å²) in [5, 5.41) is 0. The van der Waals surface area contributed by atoms with Crippen LogP contribution >= 0.6 is 0 Å². The van der Waals surface area contributed by atoms with Crippen LogP contribution in [-0.2, 0) is 0 Å². The summed E-state index contributed by atoms with van der Waals surface area (Å²) in [7, 11) is 0. The molecular formula is C16H20O. The molecule has 3 atom stereocenters.